The number of imidazole rings is 1. The molecule has 0 aliphatic rings. The monoisotopic (exact) mass is 210 g/mol. The molecule has 4 heteroatoms. The molecule has 0 aliphatic carbocycles. The van der Waals surface area contributed by atoms with E-state index in [9.17, 15) is 4.79 Å². The highest BCUT2D eigenvalue weighted by molar-refractivity contribution is 5.86. The molecule has 1 aromatic rings. The predicted molar refractivity (Wildman–Crippen MR) is 58.1 cm³/mol. The van der Waals surface area contributed by atoms with Crippen LogP contribution in [0.4, 0.5) is 0 Å². The molecule has 2 N–H and O–H groups in total. The number of hydrogen-bond donors (Lipinski definition) is 2. The fourth-order valence-corrected chi connectivity index (χ4v) is 1.57. The van der Waals surface area contributed by atoms with E-state index in [1.165, 1.54) is 19.3 Å². The van der Waals surface area contributed by atoms with E-state index >= 15 is 0 Å². The topological polar surface area (TPSA) is 66.0 Å². The third-order valence-electron chi connectivity index (χ3n) is 2.40. The lowest BCUT2D eigenvalue weighted by atomic mass is 10.1. The van der Waals surface area contributed by atoms with Gasteiger partial charge in [-0.2, -0.15) is 0 Å². The third-order valence-corrected chi connectivity index (χ3v) is 2.40. The summed E-state index contributed by atoms with van der Waals surface area (Å²) in [4.78, 5) is 17.8. The average molecular weight is 210 g/mol. The van der Waals surface area contributed by atoms with Crippen molar-refractivity contribution in [2.24, 2.45) is 0 Å². The lowest BCUT2D eigenvalue weighted by Gasteiger charge is -1.95. The summed E-state index contributed by atoms with van der Waals surface area (Å²) >= 11 is 0. The van der Waals surface area contributed by atoms with Crippen LogP contribution in [0.2, 0.25) is 0 Å². The van der Waals surface area contributed by atoms with Crippen LogP contribution in [0.15, 0.2) is 0 Å². The van der Waals surface area contributed by atoms with E-state index in [0.717, 1.165) is 18.7 Å². The number of aromatic amines is 1. The summed E-state index contributed by atoms with van der Waals surface area (Å²) < 4.78 is 0. The summed E-state index contributed by atoms with van der Waals surface area (Å²) in [5, 5.41) is 8.81. The van der Waals surface area contributed by atoms with E-state index in [1.807, 2.05) is 0 Å². The Kier molecular flexibility index (Phi) is 4.34. The second kappa shape index (κ2) is 5.53. The van der Waals surface area contributed by atoms with Gasteiger partial charge in [-0.25, -0.2) is 9.78 Å². The number of aryl methyl sites for hydroxylation is 2. The number of unbranched alkanes of at least 4 members (excludes halogenated alkanes) is 3. The number of carboxylic acid groups (broad SMARTS) is 1. The van der Waals surface area contributed by atoms with E-state index in [4.69, 9.17) is 5.11 Å². The maximum atomic E-state index is 10.7. The van der Waals surface area contributed by atoms with Crippen LogP contribution < -0.4 is 0 Å². The van der Waals surface area contributed by atoms with Gasteiger partial charge in [0, 0.05) is 12.1 Å². The lowest BCUT2D eigenvalue weighted by Crippen LogP contribution is -1.99. The smallest absolute Gasteiger partial charge is 0.356 e. The molecule has 84 valence electrons. The molecule has 0 bridgehead atoms. The molecule has 0 spiro atoms. The van der Waals surface area contributed by atoms with Gasteiger partial charge < -0.3 is 10.1 Å². The highest BCUT2D eigenvalue weighted by Gasteiger charge is 2.12. The van der Waals surface area contributed by atoms with Crippen LogP contribution in [0.3, 0.4) is 0 Å². The van der Waals surface area contributed by atoms with Crippen molar-refractivity contribution in [1.29, 1.82) is 0 Å². The Hall–Kier alpha value is -1.32. The van der Waals surface area contributed by atoms with Gasteiger partial charge in [0.15, 0.2) is 5.69 Å². The zero-order valence-corrected chi connectivity index (χ0v) is 9.34. The van der Waals surface area contributed by atoms with Crippen molar-refractivity contribution in [2.45, 2.75) is 46.0 Å². The summed E-state index contributed by atoms with van der Waals surface area (Å²) in [6.07, 6.45) is 5.52. The number of carbonyl (C=O) groups is 1. The molecule has 0 radical (unpaired) electrons. The first-order valence-corrected chi connectivity index (χ1v) is 5.44. The third kappa shape index (κ3) is 3.38. The molecule has 1 rings (SSSR count). The maximum absolute atomic E-state index is 10.7. The van der Waals surface area contributed by atoms with Crippen LogP contribution in [-0.2, 0) is 6.42 Å². The van der Waals surface area contributed by atoms with Crippen LogP contribution >= 0.6 is 0 Å². The van der Waals surface area contributed by atoms with Gasteiger partial charge >= 0.3 is 5.97 Å². The van der Waals surface area contributed by atoms with Crippen molar-refractivity contribution in [1.82, 2.24) is 9.97 Å². The zero-order chi connectivity index (χ0) is 11.3. The molecule has 1 heterocycles. The van der Waals surface area contributed by atoms with Crippen LogP contribution in [-0.4, -0.2) is 21.0 Å². The minimum atomic E-state index is -0.955. The molecule has 0 fully saturated rings. The molecule has 4 nitrogen and oxygen atoms in total. The van der Waals surface area contributed by atoms with Crippen LogP contribution in [0, 0.1) is 6.92 Å². The number of H-pyrrole nitrogens is 1. The number of hydrogen-bond acceptors (Lipinski definition) is 2. The van der Waals surface area contributed by atoms with Crippen molar-refractivity contribution in [3.05, 3.63) is 17.2 Å². The molecule has 0 atom stereocenters. The Morgan fingerprint density at radius 1 is 1.40 bits per heavy atom. The Balaban J connectivity index is 2.48. The maximum Gasteiger partial charge on any atom is 0.356 e. The van der Waals surface area contributed by atoms with Gasteiger partial charge in [-0.1, -0.05) is 26.2 Å². The minimum Gasteiger partial charge on any atom is -0.476 e. The van der Waals surface area contributed by atoms with Crippen molar-refractivity contribution < 1.29 is 9.90 Å². The lowest BCUT2D eigenvalue weighted by molar-refractivity contribution is 0.0690. The highest BCUT2D eigenvalue weighted by atomic mass is 16.4. The zero-order valence-electron chi connectivity index (χ0n) is 9.34. The van der Waals surface area contributed by atoms with E-state index in [2.05, 4.69) is 16.9 Å². The molecule has 0 aromatic carbocycles. The average Bonchev–Trinajstić information content (AvgIpc) is 2.55. The number of nitrogens with one attached hydrogen (secondary N) is 1. The SMILES string of the molecule is CCCCCCc1nc(C(=O)O)c(C)[nH]1. The molecule has 0 aliphatic heterocycles. The van der Waals surface area contributed by atoms with Gasteiger partial charge in [0.1, 0.15) is 5.82 Å². The van der Waals surface area contributed by atoms with Crippen molar-refractivity contribution >= 4 is 5.97 Å². The number of aromatic nitrogens is 2. The van der Waals surface area contributed by atoms with Crippen molar-refractivity contribution in [2.75, 3.05) is 0 Å². The highest BCUT2D eigenvalue weighted by Crippen LogP contribution is 2.09. The first kappa shape index (κ1) is 11.8. The molecular weight excluding hydrogens is 192 g/mol. The molecule has 0 amide bonds. The minimum absolute atomic E-state index is 0.153. The van der Waals surface area contributed by atoms with E-state index in [-0.39, 0.29) is 5.69 Å². The fraction of sp³-hybridized carbons (Fsp3) is 0.636. The van der Waals surface area contributed by atoms with Crippen LogP contribution in [0.1, 0.15) is 54.6 Å². The Bertz CT molecular complexity index is 331. The second-order valence-electron chi connectivity index (χ2n) is 3.77. The quantitative estimate of drug-likeness (QED) is 0.709. The first-order valence-electron chi connectivity index (χ1n) is 5.44. The summed E-state index contributed by atoms with van der Waals surface area (Å²) in [5.41, 5.74) is 0.800. The van der Waals surface area contributed by atoms with Crippen LogP contribution in [0.5, 0.6) is 0 Å². The van der Waals surface area contributed by atoms with Gasteiger partial charge in [-0.3, -0.25) is 0 Å². The summed E-state index contributed by atoms with van der Waals surface area (Å²) in [5.74, 6) is -0.162. The fourth-order valence-electron chi connectivity index (χ4n) is 1.57. The van der Waals surface area contributed by atoms with Gasteiger partial charge in [0.25, 0.3) is 0 Å². The largest absolute Gasteiger partial charge is 0.476 e. The summed E-state index contributed by atoms with van der Waals surface area (Å²) in [7, 11) is 0. The van der Waals surface area contributed by atoms with E-state index < -0.39 is 5.97 Å². The summed E-state index contributed by atoms with van der Waals surface area (Å²) in [6.45, 7) is 3.91. The van der Waals surface area contributed by atoms with E-state index in [0.29, 0.717) is 5.69 Å². The Morgan fingerprint density at radius 3 is 2.67 bits per heavy atom. The Labute approximate surface area is 89.7 Å². The number of carboxylic acids is 1. The number of nitrogens with zero attached hydrogens (tertiary/aromatic N) is 1. The van der Waals surface area contributed by atoms with Gasteiger partial charge in [0.05, 0.1) is 0 Å². The molecule has 0 saturated heterocycles. The molecule has 0 unspecified atom stereocenters. The number of rotatable bonds is 6. The standard InChI is InChI=1S/C11H18N2O2/c1-3-4-5-6-7-9-12-8(2)10(13-9)11(14)15/h3-7H2,1-2H3,(H,12,13)(H,14,15). The molecular formula is C11H18N2O2. The summed E-state index contributed by atoms with van der Waals surface area (Å²) in [6, 6.07) is 0. The van der Waals surface area contributed by atoms with E-state index in [1.54, 1.807) is 6.92 Å². The number of aromatic carboxylic acids is 1. The second-order valence-corrected chi connectivity index (χ2v) is 3.77. The first-order chi connectivity index (χ1) is 7.15. The molecule has 0 saturated carbocycles. The van der Waals surface area contributed by atoms with Gasteiger partial charge in [-0.05, 0) is 13.3 Å². The van der Waals surface area contributed by atoms with Crippen molar-refractivity contribution in [3.63, 3.8) is 0 Å². The van der Waals surface area contributed by atoms with Gasteiger partial charge in [-0.15, -0.1) is 0 Å². The van der Waals surface area contributed by atoms with Crippen molar-refractivity contribution in [3.8, 4) is 0 Å². The molecule has 1 aromatic heterocycles. The normalized spacial score (nSPS) is 10.5. The molecule has 15 heavy (non-hydrogen) atoms. The van der Waals surface area contributed by atoms with Gasteiger partial charge in [0.2, 0.25) is 0 Å². The predicted octanol–water partition coefficient (Wildman–Crippen LogP) is 2.54. The Morgan fingerprint density at radius 2 is 2.13 bits per heavy atom. The van der Waals surface area contributed by atoms with Crippen LogP contribution in [0.25, 0.3) is 0 Å².